The van der Waals surface area contributed by atoms with Gasteiger partial charge in [0.15, 0.2) is 0 Å². The molecule has 0 aliphatic rings. The quantitative estimate of drug-likeness (QED) is 0.381. The minimum absolute atomic E-state index is 0.111. The van der Waals surface area contributed by atoms with Crippen molar-refractivity contribution in [1.82, 2.24) is 9.97 Å². The van der Waals surface area contributed by atoms with E-state index in [9.17, 15) is 20.0 Å². The number of rotatable bonds is 4. The first kappa shape index (κ1) is 15.2. The molecule has 0 saturated heterocycles. The number of aromatic hydroxyl groups is 1. The summed E-state index contributed by atoms with van der Waals surface area (Å²) in [5, 5.41) is 24.7. The van der Waals surface area contributed by atoms with Gasteiger partial charge in [-0.25, -0.2) is 10.4 Å². The van der Waals surface area contributed by atoms with E-state index in [1.165, 1.54) is 24.4 Å². The number of fused-ring (bicyclic) bond motifs is 1. The summed E-state index contributed by atoms with van der Waals surface area (Å²) in [5.41, 5.74) is 2.68. The molecular weight excluding hydrogens is 314 g/mol. The normalized spacial score (nSPS) is 11.0. The fourth-order valence-electron chi connectivity index (χ4n) is 2.06. The van der Waals surface area contributed by atoms with E-state index in [1.807, 2.05) is 0 Å². The van der Waals surface area contributed by atoms with E-state index >= 15 is 0 Å². The molecule has 0 radical (unpaired) electrons. The van der Waals surface area contributed by atoms with Crippen molar-refractivity contribution in [3.05, 3.63) is 68.5 Å². The van der Waals surface area contributed by atoms with Crippen LogP contribution in [-0.2, 0) is 0 Å². The van der Waals surface area contributed by atoms with Crippen LogP contribution < -0.4 is 11.0 Å². The summed E-state index contributed by atoms with van der Waals surface area (Å²) in [4.78, 5) is 28.8. The summed E-state index contributed by atoms with van der Waals surface area (Å²) in [6.45, 7) is 0. The molecule has 9 heteroatoms. The molecule has 0 bridgehead atoms. The largest absolute Gasteiger partial charge is 0.507 e. The van der Waals surface area contributed by atoms with Gasteiger partial charge in [0.05, 0.1) is 22.0 Å². The van der Waals surface area contributed by atoms with Gasteiger partial charge in [-0.15, -0.1) is 0 Å². The summed E-state index contributed by atoms with van der Waals surface area (Å²) in [5.74, 6) is -0.0500. The second-order valence-corrected chi connectivity index (χ2v) is 4.80. The van der Waals surface area contributed by atoms with Crippen molar-refractivity contribution in [2.24, 2.45) is 5.10 Å². The number of H-pyrrole nitrogens is 1. The zero-order chi connectivity index (χ0) is 17.1. The number of phenols is 1. The van der Waals surface area contributed by atoms with Gasteiger partial charge in [-0.3, -0.25) is 19.9 Å². The lowest BCUT2D eigenvalue weighted by molar-refractivity contribution is -0.384. The molecule has 3 rings (SSSR count). The van der Waals surface area contributed by atoms with E-state index in [1.54, 1.807) is 24.3 Å². The van der Waals surface area contributed by atoms with Crippen LogP contribution >= 0.6 is 0 Å². The molecule has 0 spiro atoms. The molecule has 0 atom stereocenters. The Bertz CT molecular complexity index is 1010. The van der Waals surface area contributed by atoms with Crippen molar-refractivity contribution in [3.8, 4) is 5.75 Å². The molecule has 0 amide bonds. The maximum Gasteiger partial charge on any atom is 0.270 e. The number of para-hydroxylation sites is 1. The molecule has 3 N–H and O–H groups in total. The third-order valence-corrected chi connectivity index (χ3v) is 3.21. The topological polar surface area (TPSA) is 134 Å². The number of nitro groups is 1. The van der Waals surface area contributed by atoms with E-state index < -0.39 is 4.92 Å². The summed E-state index contributed by atoms with van der Waals surface area (Å²) < 4.78 is 0. The SMILES string of the molecule is O=c1[nH]c(N/N=C/c2cc([N+](=O)[O-])ccc2O)nc2ccccc12. The highest BCUT2D eigenvalue weighted by Gasteiger charge is 2.08. The molecule has 3 aromatic rings. The second kappa shape index (κ2) is 6.16. The lowest BCUT2D eigenvalue weighted by Crippen LogP contribution is -2.10. The lowest BCUT2D eigenvalue weighted by Gasteiger charge is -2.02. The standard InChI is InChI=1S/C15H11N5O4/c21-13-6-5-10(20(23)24)7-9(13)8-16-19-15-17-12-4-2-1-3-11(12)14(22)18-15/h1-8,21H,(H2,17,18,19,22)/b16-8+. The van der Waals surface area contributed by atoms with Crippen LogP contribution in [0.2, 0.25) is 0 Å². The Labute approximate surface area is 134 Å². The maximum absolute atomic E-state index is 11.9. The van der Waals surface area contributed by atoms with Gasteiger partial charge in [0, 0.05) is 17.7 Å². The number of aromatic amines is 1. The second-order valence-electron chi connectivity index (χ2n) is 4.80. The van der Waals surface area contributed by atoms with Crippen LogP contribution in [0.4, 0.5) is 11.6 Å². The van der Waals surface area contributed by atoms with Gasteiger partial charge in [-0.1, -0.05) is 12.1 Å². The molecule has 1 heterocycles. The number of aromatic nitrogens is 2. The average Bonchev–Trinajstić information content (AvgIpc) is 2.56. The number of anilines is 1. The number of nitrogens with one attached hydrogen (secondary N) is 2. The van der Waals surface area contributed by atoms with Crippen LogP contribution in [0.5, 0.6) is 5.75 Å². The zero-order valence-electron chi connectivity index (χ0n) is 12.1. The van der Waals surface area contributed by atoms with Crippen molar-refractivity contribution in [3.63, 3.8) is 0 Å². The van der Waals surface area contributed by atoms with Crippen molar-refractivity contribution in [2.45, 2.75) is 0 Å². The van der Waals surface area contributed by atoms with Gasteiger partial charge in [-0.05, 0) is 18.2 Å². The molecule has 0 fully saturated rings. The van der Waals surface area contributed by atoms with Gasteiger partial charge in [0.25, 0.3) is 11.2 Å². The summed E-state index contributed by atoms with van der Waals surface area (Å²) >= 11 is 0. The van der Waals surface area contributed by atoms with Crippen LogP contribution in [0.25, 0.3) is 10.9 Å². The molecule has 9 nitrogen and oxygen atoms in total. The van der Waals surface area contributed by atoms with E-state index in [4.69, 9.17) is 0 Å². The first-order chi connectivity index (χ1) is 11.5. The zero-order valence-corrected chi connectivity index (χ0v) is 12.1. The first-order valence-electron chi connectivity index (χ1n) is 6.80. The predicted octanol–water partition coefficient (Wildman–Crippen LogP) is 1.98. The lowest BCUT2D eigenvalue weighted by atomic mass is 10.2. The van der Waals surface area contributed by atoms with Crippen molar-refractivity contribution >= 4 is 28.8 Å². The number of hydrogen-bond donors (Lipinski definition) is 3. The van der Waals surface area contributed by atoms with Crippen LogP contribution in [0, 0.1) is 10.1 Å². The van der Waals surface area contributed by atoms with E-state index in [-0.39, 0.29) is 28.5 Å². The molecule has 1 aromatic heterocycles. The Kier molecular flexibility index (Phi) is 3.89. The van der Waals surface area contributed by atoms with Crippen molar-refractivity contribution in [1.29, 1.82) is 0 Å². The third kappa shape index (κ3) is 3.04. The number of phenolic OH excluding ortho intramolecular Hbond substituents is 1. The molecule has 0 aliphatic carbocycles. The minimum Gasteiger partial charge on any atom is -0.507 e. The number of hydrazone groups is 1. The van der Waals surface area contributed by atoms with Crippen LogP contribution in [0.3, 0.4) is 0 Å². The van der Waals surface area contributed by atoms with Gasteiger partial charge in [-0.2, -0.15) is 5.10 Å². The summed E-state index contributed by atoms with van der Waals surface area (Å²) in [6.07, 6.45) is 1.19. The molecule has 2 aromatic carbocycles. The molecule has 0 unspecified atom stereocenters. The molecule has 0 aliphatic heterocycles. The maximum atomic E-state index is 11.9. The van der Waals surface area contributed by atoms with Crippen molar-refractivity contribution in [2.75, 3.05) is 5.43 Å². The van der Waals surface area contributed by atoms with Gasteiger partial charge >= 0.3 is 0 Å². The van der Waals surface area contributed by atoms with Gasteiger partial charge in [0.1, 0.15) is 5.75 Å². The van der Waals surface area contributed by atoms with E-state index in [0.717, 1.165) is 0 Å². The van der Waals surface area contributed by atoms with Crippen LogP contribution in [-0.4, -0.2) is 26.2 Å². The Morgan fingerprint density at radius 3 is 2.88 bits per heavy atom. The highest BCUT2D eigenvalue weighted by Crippen LogP contribution is 2.21. The van der Waals surface area contributed by atoms with Crippen LogP contribution in [0.15, 0.2) is 52.4 Å². The molecule has 24 heavy (non-hydrogen) atoms. The Hall–Kier alpha value is -3.75. The minimum atomic E-state index is -0.577. The Morgan fingerprint density at radius 2 is 2.08 bits per heavy atom. The Balaban J connectivity index is 1.86. The van der Waals surface area contributed by atoms with E-state index in [2.05, 4.69) is 20.5 Å². The molecule has 0 saturated carbocycles. The highest BCUT2D eigenvalue weighted by molar-refractivity contribution is 5.85. The number of nitrogens with zero attached hydrogens (tertiary/aromatic N) is 3. The third-order valence-electron chi connectivity index (χ3n) is 3.21. The van der Waals surface area contributed by atoms with Crippen LogP contribution in [0.1, 0.15) is 5.56 Å². The van der Waals surface area contributed by atoms with Gasteiger partial charge in [0.2, 0.25) is 5.95 Å². The fourth-order valence-corrected chi connectivity index (χ4v) is 2.06. The monoisotopic (exact) mass is 325 g/mol. The smallest absolute Gasteiger partial charge is 0.270 e. The number of hydrogen-bond acceptors (Lipinski definition) is 7. The average molecular weight is 325 g/mol. The Morgan fingerprint density at radius 1 is 1.29 bits per heavy atom. The predicted molar refractivity (Wildman–Crippen MR) is 88.3 cm³/mol. The number of non-ortho nitro benzene ring substituents is 1. The van der Waals surface area contributed by atoms with Gasteiger partial charge < -0.3 is 5.11 Å². The van der Waals surface area contributed by atoms with Crippen molar-refractivity contribution < 1.29 is 10.0 Å². The molecule has 120 valence electrons. The fraction of sp³-hybridized carbons (Fsp3) is 0. The highest BCUT2D eigenvalue weighted by atomic mass is 16.6. The van der Waals surface area contributed by atoms with E-state index in [0.29, 0.717) is 10.9 Å². The number of nitro benzene ring substituents is 1. The summed E-state index contributed by atoms with van der Waals surface area (Å²) in [7, 11) is 0. The summed E-state index contributed by atoms with van der Waals surface area (Å²) in [6, 6.07) is 10.4. The first-order valence-corrected chi connectivity index (χ1v) is 6.80. The molecular formula is C15H11N5O4. The number of benzene rings is 2.